The van der Waals surface area contributed by atoms with E-state index in [1.165, 1.54) is 36.7 Å². The number of halogens is 1. The van der Waals surface area contributed by atoms with Crippen molar-refractivity contribution in [3.8, 4) is 5.75 Å². The molecule has 2 N–H and O–H groups in total. The third-order valence-corrected chi connectivity index (χ3v) is 5.02. The Bertz CT molecular complexity index is 903. The van der Waals surface area contributed by atoms with E-state index in [2.05, 4.69) is 26.3 Å². The van der Waals surface area contributed by atoms with Gasteiger partial charge in [-0.3, -0.25) is 20.0 Å². The van der Waals surface area contributed by atoms with E-state index in [0.29, 0.717) is 16.0 Å². The fourth-order valence-electron chi connectivity index (χ4n) is 2.02. The summed E-state index contributed by atoms with van der Waals surface area (Å²) in [6.45, 7) is 0. The number of pyridine rings is 1. The fourth-order valence-corrected chi connectivity index (χ4v) is 3.56. The molecule has 126 valence electrons. The first-order chi connectivity index (χ1) is 12.0. The lowest BCUT2D eigenvalue weighted by Crippen LogP contribution is -2.44. The molecule has 2 aromatic rings. The summed E-state index contributed by atoms with van der Waals surface area (Å²) in [5, 5.41) is 10.9. The number of amides is 2. The highest BCUT2D eigenvalue weighted by molar-refractivity contribution is 9.10. The van der Waals surface area contributed by atoms with E-state index in [1.807, 2.05) is 0 Å². The molecule has 1 fully saturated rings. The number of rotatable bonds is 3. The zero-order valence-corrected chi connectivity index (χ0v) is 15.7. The Morgan fingerprint density at radius 2 is 2.04 bits per heavy atom. The van der Waals surface area contributed by atoms with E-state index < -0.39 is 11.8 Å². The third-order valence-electron chi connectivity index (χ3n) is 3.23. The lowest BCUT2D eigenvalue weighted by atomic mass is 10.2. The number of aromatic hydroxyl groups is 1. The van der Waals surface area contributed by atoms with Crippen LogP contribution in [0.3, 0.4) is 0 Å². The minimum Gasteiger partial charge on any atom is -0.507 e. The number of benzene rings is 1. The van der Waals surface area contributed by atoms with Crippen LogP contribution in [0.5, 0.6) is 5.75 Å². The van der Waals surface area contributed by atoms with Crippen LogP contribution < -0.4 is 5.43 Å². The van der Waals surface area contributed by atoms with Gasteiger partial charge >= 0.3 is 0 Å². The second-order valence-corrected chi connectivity index (χ2v) is 7.49. The highest BCUT2D eigenvalue weighted by atomic mass is 79.9. The molecule has 0 saturated carbocycles. The van der Waals surface area contributed by atoms with Gasteiger partial charge in [0.15, 0.2) is 4.32 Å². The number of hydrogen-bond acceptors (Lipinski definition) is 6. The average Bonchev–Trinajstić information content (AvgIpc) is 2.86. The molecular weight excluding hydrogens is 426 g/mol. The molecule has 9 heteroatoms. The van der Waals surface area contributed by atoms with Crippen molar-refractivity contribution < 1.29 is 14.7 Å². The number of carbonyl (C=O) groups excluding carboxylic acids is 2. The quantitative estimate of drug-likeness (QED) is 0.569. The number of thioether (sulfide) groups is 1. The number of aromatic nitrogens is 1. The monoisotopic (exact) mass is 435 g/mol. The maximum absolute atomic E-state index is 12.5. The first-order valence-electron chi connectivity index (χ1n) is 6.93. The van der Waals surface area contributed by atoms with Crippen LogP contribution >= 0.6 is 39.9 Å². The van der Waals surface area contributed by atoms with Gasteiger partial charge in [0, 0.05) is 28.0 Å². The lowest BCUT2D eigenvalue weighted by Gasteiger charge is -2.15. The van der Waals surface area contributed by atoms with Gasteiger partial charge in [-0.05, 0) is 48.6 Å². The summed E-state index contributed by atoms with van der Waals surface area (Å²) in [4.78, 5) is 28.8. The SMILES string of the molecule is O=C(NN1C(=O)C(=Cc2cc(Br)ccc2O)SC1=S)c1ccncc1. The molecule has 0 radical (unpaired) electrons. The minimum atomic E-state index is -0.467. The van der Waals surface area contributed by atoms with Gasteiger partial charge < -0.3 is 5.11 Å². The number of thiocarbonyl (C=S) groups is 1. The maximum atomic E-state index is 12.5. The molecule has 2 amide bonds. The number of phenolic OH excluding ortho intramolecular Hbond substituents is 1. The summed E-state index contributed by atoms with van der Waals surface area (Å²) in [6, 6.07) is 7.94. The topological polar surface area (TPSA) is 82.5 Å². The summed E-state index contributed by atoms with van der Waals surface area (Å²) in [7, 11) is 0. The number of carbonyl (C=O) groups is 2. The van der Waals surface area contributed by atoms with Crippen LogP contribution in [0.4, 0.5) is 0 Å². The highest BCUT2D eigenvalue weighted by Crippen LogP contribution is 2.33. The van der Waals surface area contributed by atoms with Crippen LogP contribution in [0.1, 0.15) is 15.9 Å². The standard InChI is InChI=1S/C16H10BrN3O3S2/c17-11-1-2-12(21)10(7-11)8-13-15(23)20(16(24)25-13)19-14(22)9-3-5-18-6-4-9/h1-8,21H,(H,19,22). The van der Waals surface area contributed by atoms with Crippen LogP contribution in [0.2, 0.25) is 0 Å². The molecule has 1 aliphatic heterocycles. The molecule has 0 aliphatic carbocycles. The molecule has 0 spiro atoms. The number of hydrazine groups is 1. The Morgan fingerprint density at radius 3 is 2.76 bits per heavy atom. The van der Waals surface area contributed by atoms with Gasteiger partial charge in [0.2, 0.25) is 0 Å². The zero-order valence-electron chi connectivity index (χ0n) is 12.5. The summed E-state index contributed by atoms with van der Waals surface area (Å²) in [5.41, 5.74) is 3.31. The van der Waals surface area contributed by atoms with Crippen LogP contribution in [0.25, 0.3) is 6.08 Å². The predicted octanol–water partition coefficient (Wildman–Crippen LogP) is 3.10. The number of nitrogens with zero attached hydrogens (tertiary/aromatic N) is 2. The molecule has 0 unspecified atom stereocenters. The number of phenols is 1. The van der Waals surface area contributed by atoms with Crippen LogP contribution in [-0.4, -0.2) is 31.2 Å². The molecule has 3 rings (SSSR count). The molecular formula is C16H10BrN3O3S2. The Morgan fingerprint density at radius 1 is 1.32 bits per heavy atom. The molecule has 1 saturated heterocycles. The predicted molar refractivity (Wildman–Crippen MR) is 103 cm³/mol. The van der Waals surface area contributed by atoms with E-state index in [-0.39, 0.29) is 10.1 Å². The van der Waals surface area contributed by atoms with E-state index >= 15 is 0 Å². The van der Waals surface area contributed by atoms with Gasteiger partial charge in [-0.1, -0.05) is 27.7 Å². The van der Waals surface area contributed by atoms with Crippen LogP contribution in [0.15, 0.2) is 52.1 Å². The van der Waals surface area contributed by atoms with E-state index in [4.69, 9.17) is 12.2 Å². The van der Waals surface area contributed by atoms with Crippen molar-refractivity contribution in [3.63, 3.8) is 0 Å². The van der Waals surface area contributed by atoms with Crippen molar-refractivity contribution in [2.45, 2.75) is 0 Å². The van der Waals surface area contributed by atoms with Crippen molar-refractivity contribution in [3.05, 3.63) is 63.2 Å². The van der Waals surface area contributed by atoms with Gasteiger partial charge in [-0.25, -0.2) is 0 Å². The lowest BCUT2D eigenvalue weighted by molar-refractivity contribution is -0.123. The Balaban J connectivity index is 1.82. The molecule has 1 aromatic carbocycles. The van der Waals surface area contributed by atoms with Gasteiger partial charge in [0.25, 0.3) is 11.8 Å². The molecule has 0 bridgehead atoms. The largest absolute Gasteiger partial charge is 0.507 e. The van der Waals surface area contributed by atoms with Crippen molar-refractivity contribution in [2.75, 3.05) is 0 Å². The van der Waals surface area contributed by atoms with Gasteiger partial charge in [0.1, 0.15) is 5.75 Å². The molecule has 0 atom stereocenters. The number of nitrogens with one attached hydrogen (secondary N) is 1. The van der Waals surface area contributed by atoms with Crippen molar-refractivity contribution in [1.82, 2.24) is 15.4 Å². The number of hydrogen-bond donors (Lipinski definition) is 2. The minimum absolute atomic E-state index is 0.0364. The van der Waals surface area contributed by atoms with E-state index in [9.17, 15) is 14.7 Å². The Hall–Kier alpha value is -2.23. The summed E-state index contributed by atoms with van der Waals surface area (Å²) in [6.07, 6.45) is 4.49. The fraction of sp³-hybridized carbons (Fsp3) is 0. The average molecular weight is 436 g/mol. The third kappa shape index (κ3) is 3.89. The second-order valence-electron chi connectivity index (χ2n) is 4.90. The first-order valence-corrected chi connectivity index (χ1v) is 8.95. The van der Waals surface area contributed by atoms with Gasteiger partial charge in [0.05, 0.1) is 4.91 Å². The van der Waals surface area contributed by atoms with E-state index in [1.54, 1.807) is 12.1 Å². The summed E-state index contributed by atoms with van der Waals surface area (Å²) in [5.74, 6) is -0.892. The molecule has 1 aliphatic rings. The van der Waals surface area contributed by atoms with Crippen molar-refractivity contribution in [2.24, 2.45) is 0 Å². The molecule has 6 nitrogen and oxygen atoms in total. The highest BCUT2D eigenvalue weighted by Gasteiger charge is 2.34. The summed E-state index contributed by atoms with van der Waals surface area (Å²) < 4.78 is 0.964. The normalized spacial score (nSPS) is 15.7. The zero-order chi connectivity index (χ0) is 18.0. The van der Waals surface area contributed by atoms with Crippen molar-refractivity contribution >= 4 is 62.1 Å². The van der Waals surface area contributed by atoms with Crippen LogP contribution in [0, 0.1) is 0 Å². The first kappa shape index (κ1) is 17.6. The maximum Gasteiger partial charge on any atom is 0.285 e. The van der Waals surface area contributed by atoms with Gasteiger partial charge in [-0.15, -0.1) is 0 Å². The smallest absolute Gasteiger partial charge is 0.285 e. The molecule has 2 heterocycles. The second kappa shape index (κ2) is 7.34. The Labute approximate surface area is 161 Å². The molecule has 1 aromatic heterocycles. The van der Waals surface area contributed by atoms with Crippen LogP contribution in [-0.2, 0) is 4.79 Å². The van der Waals surface area contributed by atoms with E-state index in [0.717, 1.165) is 21.2 Å². The van der Waals surface area contributed by atoms with Crippen molar-refractivity contribution in [1.29, 1.82) is 0 Å². The summed E-state index contributed by atoms with van der Waals surface area (Å²) >= 11 is 9.52. The van der Waals surface area contributed by atoms with Gasteiger partial charge in [-0.2, -0.15) is 5.01 Å². The Kier molecular flexibility index (Phi) is 5.16. The molecule has 25 heavy (non-hydrogen) atoms.